The lowest BCUT2D eigenvalue weighted by molar-refractivity contribution is -0.137. The predicted molar refractivity (Wildman–Crippen MR) is 209 cm³/mol. The normalized spacial score (nSPS) is 12.6. The van der Waals surface area contributed by atoms with Crippen LogP contribution < -0.4 is 15.4 Å². The van der Waals surface area contributed by atoms with Gasteiger partial charge in [0.25, 0.3) is 0 Å². The van der Waals surface area contributed by atoms with Gasteiger partial charge in [-0.05, 0) is 90.7 Å². The summed E-state index contributed by atoms with van der Waals surface area (Å²) in [6, 6.07) is 20.9. The number of carboxylic acids is 1. The van der Waals surface area contributed by atoms with Crippen molar-refractivity contribution in [2.24, 2.45) is 5.92 Å². The van der Waals surface area contributed by atoms with Crippen molar-refractivity contribution in [3.8, 4) is 22.8 Å². The van der Waals surface area contributed by atoms with Gasteiger partial charge in [-0.15, -0.1) is 0 Å². The molecule has 0 saturated carbocycles. The van der Waals surface area contributed by atoms with Gasteiger partial charge in [0.2, 0.25) is 11.8 Å². The highest BCUT2D eigenvalue weighted by molar-refractivity contribution is 6.36. The first-order valence-electron chi connectivity index (χ1n) is 18.0. The quantitative estimate of drug-likeness (QED) is 0.0913. The van der Waals surface area contributed by atoms with Gasteiger partial charge < -0.3 is 25.0 Å². The van der Waals surface area contributed by atoms with Crippen LogP contribution in [0.4, 0.5) is 13.2 Å². The minimum absolute atomic E-state index is 0.0649. The lowest BCUT2D eigenvalue weighted by atomic mass is 10.0. The summed E-state index contributed by atoms with van der Waals surface area (Å²) in [6.07, 6.45) is -0.792. The van der Waals surface area contributed by atoms with Gasteiger partial charge in [0, 0.05) is 35.7 Å². The number of aryl methyl sites for hydroxylation is 1. The maximum absolute atomic E-state index is 14.3. The van der Waals surface area contributed by atoms with Gasteiger partial charge >= 0.3 is 12.1 Å². The van der Waals surface area contributed by atoms with Crippen molar-refractivity contribution < 1.29 is 37.4 Å². The minimum Gasteiger partial charge on any atom is -0.478 e. The number of carbonyl (C=O) groups is 3. The Balaban J connectivity index is 1.49. The highest BCUT2D eigenvalue weighted by Gasteiger charge is 2.31. The summed E-state index contributed by atoms with van der Waals surface area (Å²) in [5.74, 6) is -0.999. The molecule has 2 atom stereocenters. The lowest BCUT2D eigenvalue weighted by Gasteiger charge is -2.25. The topological polar surface area (TPSA) is 123 Å². The van der Waals surface area contributed by atoms with Gasteiger partial charge in [-0.1, -0.05) is 74.7 Å². The van der Waals surface area contributed by atoms with E-state index in [0.29, 0.717) is 50.7 Å². The monoisotopic (exact) mass is 808 g/mol. The molecule has 0 bridgehead atoms. The number of unbranched alkanes of at least 4 members (excludes halogenated alkanes) is 1. The average Bonchev–Trinajstić information content (AvgIpc) is 3.57. The standard InChI is InChI=1S/C42H41Cl2F3N4O5/c1-4-5-20-51-24-37(33-19-14-30(43)23-34(33)44)48-38(51)35(21-27-8-15-31(16-9-27)56-32-17-10-28(11-18-32)41(54)55)49-40(53)36(50-39(52)25(2)3)22-26-6-12-29(13-7-26)42(45,46)47/h6-19,23-25,35-36H,4-5,20-22H2,1-3H3,(H,49,53)(H,50,52)(H,54,55)/t35-,36-/m0/s1. The van der Waals surface area contributed by atoms with Crippen LogP contribution in [-0.2, 0) is 35.2 Å². The predicted octanol–water partition coefficient (Wildman–Crippen LogP) is 9.95. The molecule has 0 aliphatic carbocycles. The highest BCUT2D eigenvalue weighted by Crippen LogP contribution is 2.33. The Morgan fingerprint density at radius 3 is 2.02 bits per heavy atom. The van der Waals surface area contributed by atoms with Crippen molar-refractivity contribution in [1.82, 2.24) is 20.2 Å². The summed E-state index contributed by atoms with van der Waals surface area (Å²) in [5, 5.41) is 15.9. The van der Waals surface area contributed by atoms with Crippen LogP contribution in [0, 0.1) is 5.92 Å². The third-order valence-electron chi connectivity index (χ3n) is 8.97. The SMILES string of the molecule is CCCCn1cc(-c2ccc(Cl)cc2Cl)nc1[C@H](Cc1ccc(Oc2ccc(C(=O)O)cc2)cc1)NC(=O)[C@H](Cc1ccc(C(F)(F)F)cc1)NC(=O)C(C)C. The fourth-order valence-corrected chi connectivity index (χ4v) is 6.37. The molecule has 1 heterocycles. The van der Waals surface area contributed by atoms with E-state index in [1.54, 1.807) is 56.3 Å². The number of imidazole rings is 1. The summed E-state index contributed by atoms with van der Waals surface area (Å²) in [5.41, 5.74) is 1.73. The van der Waals surface area contributed by atoms with E-state index in [2.05, 4.69) is 17.6 Å². The van der Waals surface area contributed by atoms with Crippen LogP contribution in [0.15, 0.2) is 97.2 Å². The second-order valence-electron chi connectivity index (χ2n) is 13.6. The minimum atomic E-state index is -4.53. The first-order valence-corrected chi connectivity index (χ1v) is 18.8. The van der Waals surface area contributed by atoms with Gasteiger partial charge in [0.1, 0.15) is 23.4 Å². The number of ether oxygens (including phenoxy) is 1. The number of halogens is 5. The molecule has 3 N–H and O–H groups in total. The number of aromatic carboxylic acids is 1. The van der Waals surface area contributed by atoms with E-state index in [0.717, 1.165) is 30.5 Å². The third-order valence-corrected chi connectivity index (χ3v) is 9.52. The van der Waals surface area contributed by atoms with Gasteiger partial charge in [-0.25, -0.2) is 9.78 Å². The maximum Gasteiger partial charge on any atom is 0.416 e. The van der Waals surface area contributed by atoms with E-state index in [1.165, 1.54) is 24.3 Å². The zero-order valence-corrected chi connectivity index (χ0v) is 32.4. The molecule has 0 aliphatic heterocycles. The van der Waals surface area contributed by atoms with E-state index in [-0.39, 0.29) is 18.4 Å². The van der Waals surface area contributed by atoms with Gasteiger partial charge in [-0.3, -0.25) is 9.59 Å². The van der Waals surface area contributed by atoms with Crippen molar-refractivity contribution in [1.29, 1.82) is 0 Å². The second kappa shape index (κ2) is 18.5. The van der Waals surface area contributed by atoms with Gasteiger partial charge in [0.15, 0.2) is 0 Å². The molecule has 4 aromatic carbocycles. The molecule has 2 amide bonds. The van der Waals surface area contributed by atoms with E-state index in [1.807, 2.05) is 22.9 Å². The van der Waals surface area contributed by atoms with Crippen molar-refractivity contribution in [3.63, 3.8) is 0 Å². The Bertz CT molecular complexity index is 2140. The van der Waals surface area contributed by atoms with E-state index in [4.69, 9.17) is 32.9 Å². The summed E-state index contributed by atoms with van der Waals surface area (Å²) in [4.78, 5) is 43.5. The molecular formula is C42H41Cl2F3N4O5. The van der Waals surface area contributed by atoms with Crippen LogP contribution in [-0.4, -0.2) is 38.5 Å². The molecule has 0 saturated heterocycles. The molecule has 9 nitrogen and oxygen atoms in total. The molecule has 0 radical (unpaired) electrons. The number of hydrogen-bond donors (Lipinski definition) is 3. The molecule has 294 valence electrons. The van der Waals surface area contributed by atoms with Crippen LogP contribution in [0.2, 0.25) is 10.0 Å². The van der Waals surface area contributed by atoms with Crippen molar-refractivity contribution in [2.45, 2.75) is 71.3 Å². The summed E-state index contributed by atoms with van der Waals surface area (Å²) < 4.78 is 47.8. The van der Waals surface area contributed by atoms with Crippen molar-refractivity contribution in [2.75, 3.05) is 0 Å². The van der Waals surface area contributed by atoms with Crippen LogP contribution in [0.3, 0.4) is 0 Å². The molecule has 0 fully saturated rings. The number of carbonyl (C=O) groups excluding carboxylic acids is 2. The fourth-order valence-electron chi connectivity index (χ4n) is 5.87. The number of carboxylic acid groups (broad SMARTS) is 1. The first kappa shape index (κ1) is 41.8. The first-order chi connectivity index (χ1) is 26.6. The zero-order valence-electron chi connectivity index (χ0n) is 30.9. The number of hydrogen-bond acceptors (Lipinski definition) is 5. The summed E-state index contributed by atoms with van der Waals surface area (Å²) in [6.45, 7) is 5.98. The number of amides is 2. The number of nitrogens with one attached hydrogen (secondary N) is 2. The molecule has 5 aromatic rings. The molecule has 56 heavy (non-hydrogen) atoms. The number of aromatic nitrogens is 2. The van der Waals surface area contributed by atoms with E-state index in [9.17, 15) is 32.7 Å². The van der Waals surface area contributed by atoms with Crippen LogP contribution >= 0.6 is 23.2 Å². The van der Waals surface area contributed by atoms with Crippen LogP contribution in [0.25, 0.3) is 11.3 Å². The van der Waals surface area contributed by atoms with Crippen LogP contribution in [0.5, 0.6) is 11.5 Å². The Labute approximate surface area is 332 Å². The molecular weight excluding hydrogens is 768 g/mol. The molecule has 1 aromatic heterocycles. The molecule has 5 rings (SSSR count). The molecule has 14 heteroatoms. The number of rotatable bonds is 16. The Hall–Kier alpha value is -5.33. The van der Waals surface area contributed by atoms with E-state index >= 15 is 0 Å². The van der Waals surface area contributed by atoms with Crippen molar-refractivity contribution >= 4 is 41.0 Å². The zero-order chi connectivity index (χ0) is 40.6. The third kappa shape index (κ3) is 11.1. The molecule has 0 spiro atoms. The van der Waals surface area contributed by atoms with Crippen LogP contribution in [0.1, 0.15) is 72.5 Å². The van der Waals surface area contributed by atoms with Crippen molar-refractivity contribution in [3.05, 3.63) is 135 Å². The summed E-state index contributed by atoms with van der Waals surface area (Å²) >= 11 is 12.8. The smallest absolute Gasteiger partial charge is 0.416 e. The molecule has 0 unspecified atom stereocenters. The Kier molecular flexibility index (Phi) is 13.8. The second-order valence-corrected chi connectivity index (χ2v) is 14.5. The largest absolute Gasteiger partial charge is 0.478 e. The lowest BCUT2D eigenvalue weighted by Crippen LogP contribution is -2.50. The van der Waals surface area contributed by atoms with Gasteiger partial charge in [0.05, 0.1) is 27.9 Å². The number of benzene rings is 4. The summed E-state index contributed by atoms with van der Waals surface area (Å²) in [7, 11) is 0. The number of alkyl halides is 3. The highest BCUT2D eigenvalue weighted by atomic mass is 35.5. The number of nitrogens with zero attached hydrogens (tertiary/aromatic N) is 2. The Morgan fingerprint density at radius 2 is 1.45 bits per heavy atom. The molecule has 0 aliphatic rings. The average molecular weight is 810 g/mol. The maximum atomic E-state index is 14.3. The fraction of sp³-hybridized carbons (Fsp3) is 0.286. The van der Waals surface area contributed by atoms with Gasteiger partial charge in [-0.2, -0.15) is 13.2 Å². The van der Waals surface area contributed by atoms with E-state index < -0.39 is 47.5 Å². The Morgan fingerprint density at radius 1 is 0.839 bits per heavy atom.